The molecule has 0 aliphatic heterocycles. The van der Waals surface area contributed by atoms with Crippen LogP contribution in [0.2, 0.25) is 0 Å². The van der Waals surface area contributed by atoms with Gasteiger partial charge in [-0.2, -0.15) is 5.26 Å². The number of nitrogens with zero attached hydrogens (tertiary/aromatic N) is 1. The van der Waals surface area contributed by atoms with Crippen molar-refractivity contribution in [3.05, 3.63) is 65.2 Å². The minimum Gasteiger partial charge on any atom is -0.491 e. The van der Waals surface area contributed by atoms with E-state index in [1.54, 1.807) is 18.2 Å². The minimum atomic E-state index is -3.23. The van der Waals surface area contributed by atoms with Crippen LogP contribution in [0.1, 0.15) is 29.7 Å². The fourth-order valence-corrected chi connectivity index (χ4v) is 3.24. The molecule has 0 heterocycles. The van der Waals surface area contributed by atoms with E-state index in [0.717, 1.165) is 17.4 Å². The molecule has 0 fully saturated rings. The quantitative estimate of drug-likeness (QED) is 0.621. The van der Waals surface area contributed by atoms with Gasteiger partial charge in [0.05, 0.1) is 11.8 Å². The normalized spacial score (nSPS) is 11.9. The standard InChI is InChI=1S/C19H23N3O3S.ClH/c1-15(22-26(2,23)24)17-9-7-16(8-10-17)14-21-11-12-25-19-6-4-3-5-18(19)13-20;/h3-10,15,21-22H,11-12,14H2,1-2H3;1H/t15-;/m1./s1. The molecule has 0 aromatic heterocycles. The van der Waals surface area contributed by atoms with Gasteiger partial charge in [-0.05, 0) is 30.2 Å². The van der Waals surface area contributed by atoms with Crippen molar-refractivity contribution in [3.8, 4) is 11.8 Å². The highest BCUT2D eigenvalue weighted by molar-refractivity contribution is 7.88. The van der Waals surface area contributed by atoms with Gasteiger partial charge in [-0.1, -0.05) is 36.4 Å². The Bertz CT molecular complexity index is 865. The van der Waals surface area contributed by atoms with E-state index in [1.807, 2.05) is 37.3 Å². The lowest BCUT2D eigenvalue weighted by Crippen LogP contribution is -2.25. The Kier molecular flexibility index (Phi) is 9.26. The van der Waals surface area contributed by atoms with E-state index < -0.39 is 10.0 Å². The predicted molar refractivity (Wildman–Crippen MR) is 108 cm³/mol. The second-order valence-electron chi connectivity index (χ2n) is 5.99. The molecule has 27 heavy (non-hydrogen) atoms. The van der Waals surface area contributed by atoms with E-state index in [1.165, 1.54) is 0 Å². The van der Waals surface area contributed by atoms with Gasteiger partial charge in [0.1, 0.15) is 18.4 Å². The van der Waals surface area contributed by atoms with Crippen LogP contribution >= 0.6 is 12.4 Å². The van der Waals surface area contributed by atoms with Gasteiger partial charge in [-0.25, -0.2) is 13.1 Å². The minimum absolute atomic E-state index is 0. The lowest BCUT2D eigenvalue weighted by molar-refractivity contribution is 0.313. The average Bonchev–Trinajstić information content (AvgIpc) is 2.61. The van der Waals surface area contributed by atoms with Crippen molar-refractivity contribution in [1.29, 1.82) is 5.26 Å². The summed E-state index contributed by atoms with van der Waals surface area (Å²) in [5.41, 5.74) is 2.54. The summed E-state index contributed by atoms with van der Waals surface area (Å²) in [4.78, 5) is 0. The van der Waals surface area contributed by atoms with E-state index in [0.29, 0.717) is 31.0 Å². The molecule has 2 rings (SSSR count). The van der Waals surface area contributed by atoms with Crippen molar-refractivity contribution < 1.29 is 13.2 Å². The van der Waals surface area contributed by atoms with Gasteiger partial charge in [0.25, 0.3) is 0 Å². The van der Waals surface area contributed by atoms with E-state index >= 15 is 0 Å². The molecule has 1 atom stereocenters. The van der Waals surface area contributed by atoms with E-state index in [-0.39, 0.29) is 18.4 Å². The second-order valence-corrected chi connectivity index (χ2v) is 7.77. The molecule has 0 radical (unpaired) electrons. The fraction of sp³-hybridized carbons (Fsp3) is 0.316. The van der Waals surface area contributed by atoms with Crippen molar-refractivity contribution in [1.82, 2.24) is 10.0 Å². The number of para-hydroxylation sites is 1. The summed E-state index contributed by atoms with van der Waals surface area (Å²) in [6.45, 7) is 3.60. The van der Waals surface area contributed by atoms with Gasteiger partial charge < -0.3 is 10.1 Å². The first-order chi connectivity index (χ1) is 12.4. The molecule has 0 saturated heterocycles. The molecule has 0 unspecified atom stereocenters. The number of sulfonamides is 1. The maximum absolute atomic E-state index is 11.3. The van der Waals surface area contributed by atoms with E-state index in [9.17, 15) is 8.42 Å². The Morgan fingerprint density at radius 1 is 1.15 bits per heavy atom. The maximum atomic E-state index is 11.3. The smallest absolute Gasteiger partial charge is 0.209 e. The van der Waals surface area contributed by atoms with Crippen LogP contribution in [-0.2, 0) is 16.6 Å². The third-order valence-electron chi connectivity index (χ3n) is 3.74. The number of hydrogen-bond donors (Lipinski definition) is 2. The zero-order valence-electron chi connectivity index (χ0n) is 15.3. The molecule has 2 aromatic rings. The number of ether oxygens (including phenoxy) is 1. The Morgan fingerprint density at radius 3 is 2.44 bits per heavy atom. The average molecular weight is 410 g/mol. The van der Waals surface area contributed by atoms with Gasteiger partial charge in [-0.3, -0.25) is 0 Å². The third kappa shape index (κ3) is 7.97. The van der Waals surface area contributed by atoms with Crippen molar-refractivity contribution >= 4 is 22.4 Å². The Balaban J connectivity index is 0.00000364. The molecule has 0 aliphatic rings. The monoisotopic (exact) mass is 409 g/mol. The highest BCUT2D eigenvalue weighted by atomic mass is 35.5. The molecule has 0 saturated carbocycles. The lowest BCUT2D eigenvalue weighted by Gasteiger charge is -2.13. The van der Waals surface area contributed by atoms with Gasteiger partial charge in [0, 0.05) is 19.1 Å². The predicted octanol–water partition coefficient (Wildman–Crippen LogP) is 2.76. The summed E-state index contributed by atoms with van der Waals surface area (Å²) in [5.74, 6) is 0.591. The third-order valence-corrected chi connectivity index (χ3v) is 4.53. The van der Waals surface area contributed by atoms with Crippen LogP contribution in [0.25, 0.3) is 0 Å². The van der Waals surface area contributed by atoms with Gasteiger partial charge >= 0.3 is 0 Å². The number of halogens is 1. The summed E-state index contributed by atoms with van der Waals surface area (Å²) < 4.78 is 30.7. The van der Waals surface area contributed by atoms with Crippen molar-refractivity contribution in [2.45, 2.75) is 19.5 Å². The fourth-order valence-electron chi connectivity index (χ4n) is 2.46. The Labute approximate surface area is 167 Å². The molecule has 0 aliphatic carbocycles. The largest absolute Gasteiger partial charge is 0.491 e. The van der Waals surface area contributed by atoms with Crippen LogP contribution in [0, 0.1) is 11.3 Å². The molecule has 0 spiro atoms. The van der Waals surface area contributed by atoms with E-state index in [4.69, 9.17) is 10.00 Å². The summed E-state index contributed by atoms with van der Waals surface area (Å²) in [7, 11) is -3.23. The number of nitriles is 1. The highest BCUT2D eigenvalue weighted by Gasteiger charge is 2.10. The molecule has 6 nitrogen and oxygen atoms in total. The molecule has 2 aromatic carbocycles. The Hall–Kier alpha value is -2.11. The summed E-state index contributed by atoms with van der Waals surface area (Å²) in [5, 5.41) is 12.3. The van der Waals surface area contributed by atoms with Crippen LogP contribution in [0.4, 0.5) is 0 Å². The first-order valence-electron chi connectivity index (χ1n) is 8.28. The Morgan fingerprint density at radius 2 is 1.81 bits per heavy atom. The molecule has 146 valence electrons. The van der Waals surface area contributed by atoms with Crippen LogP contribution in [-0.4, -0.2) is 27.8 Å². The van der Waals surface area contributed by atoms with Gasteiger partial charge in [0.2, 0.25) is 10.0 Å². The van der Waals surface area contributed by atoms with Crippen LogP contribution in [0.3, 0.4) is 0 Å². The zero-order chi connectivity index (χ0) is 19.0. The first kappa shape index (κ1) is 22.9. The van der Waals surface area contributed by atoms with Gasteiger partial charge in [-0.15, -0.1) is 12.4 Å². The topological polar surface area (TPSA) is 91.2 Å². The summed E-state index contributed by atoms with van der Waals surface area (Å²) >= 11 is 0. The number of benzene rings is 2. The van der Waals surface area contributed by atoms with Crippen molar-refractivity contribution in [3.63, 3.8) is 0 Å². The van der Waals surface area contributed by atoms with Crippen LogP contribution in [0.5, 0.6) is 5.75 Å². The molecule has 8 heteroatoms. The second kappa shape index (κ2) is 10.9. The molecular weight excluding hydrogens is 386 g/mol. The maximum Gasteiger partial charge on any atom is 0.209 e. The van der Waals surface area contributed by atoms with Crippen LogP contribution < -0.4 is 14.8 Å². The number of rotatable bonds is 9. The SMILES string of the molecule is C[C@@H](NS(C)(=O)=O)c1ccc(CNCCOc2ccccc2C#N)cc1.Cl. The van der Waals surface area contributed by atoms with Gasteiger partial charge in [0.15, 0.2) is 0 Å². The first-order valence-corrected chi connectivity index (χ1v) is 10.2. The molecule has 0 amide bonds. The molecular formula is C19H24ClN3O3S. The zero-order valence-corrected chi connectivity index (χ0v) is 16.9. The number of hydrogen-bond acceptors (Lipinski definition) is 5. The lowest BCUT2D eigenvalue weighted by atomic mass is 10.1. The van der Waals surface area contributed by atoms with Crippen molar-refractivity contribution in [2.24, 2.45) is 0 Å². The van der Waals surface area contributed by atoms with Crippen molar-refractivity contribution in [2.75, 3.05) is 19.4 Å². The summed E-state index contributed by atoms with van der Waals surface area (Å²) in [6, 6.07) is 16.8. The molecule has 2 N–H and O–H groups in total. The highest BCUT2D eigenvalue weighted by Crippen LogP contribution is 2.16. The van der Waals surface area contributed by atoms with Crippen LogP contribution in [0.15, 0.2) is 48.5 Å². The number of nitrogens with one attached hydrogen (secondary N) is 2. The van der Waals surface area contributed by atoms with E-state index in [2.05, 4.69) is 16.1 Å². The molecule has 0 bridgehead atoms. The summed E-state index contributed by atoms with van der Waals surface area (Å²) in [6.07, 6.45) is 1.15.